The highest BCUT2D eigenvalue weighted by Crippen LogP contribution is 2.39. The fourth-order valence-corrected chi connectivity index (χ4v) is 3.99. The lowest BCUT2D eigenvalue weighted by molar-refractivity contribution is 0.0946. The summed E-state index contributed by atoms with van der Waals surface area (Å²) in [5.74, 6) is 0. The van der Waals surface area contributed by atoms with Gasteiger partial charge in [0.05, 0.1) is 0 Å². The second kappa shape index (κ2) is 5.82. The van der Waals surface area contributed by atoms with E-state index in [2.05, 4.69) is 35.5 Å². The Kier molecular flexibility index (Phi) is 4.11. The van der Waals surface area contributed by atoms with E-state index in [1.54, 1.807) is 0 Å². The van der Waals surface area contributed by atoms with Gasteiger partial charge < -0.3 is 5.32 Å². The topological polar surface area (TPSA) is 15.3 Å². The molecule has 0 bridgehead atoms. The number of benzene rings is 1. The summed E-state index contributed by atoms with van der Waals surface area (Å²) in [6.07, 6.45) is 6.50. The molecule has 0 radical (unpaired) electrons. The normalized spacial score (nSPS) is 27.5. The molecule has 1 aliphatic heterocycles. The van der Waals surface area contributed by atoms with E-state index < -0.39 is 0 Å². The fraction of sp³-hybridized carbons (Fsp3) is 0.625. The van der Waals surface area contributed by atoms with Crippen LogP contribution in [0, 0.1) is 0 Å². The van der Waals surface area contributed by atoms with Gasteiger partial charge in [0.25, 0.3) is 0 Å². The van der Waals surface area contributed by atoms with Crippen LogP contribution in [0.2, 0.25) is 5.02 Å². The van der Waals surface area contributed by atoms with E-state index in [1.165, 1.54) is 49.8 Å². The van der Waals surface area contributed by atoms with Crippen molar-refractivity contribution in [2.24, 2.45) is 0 Å². The minimum absolute atomic E-state index is 0.617. The van der Waals surface area contributed by atoms with Crippen LogP contribution in [0.15, 0.2) is 18.2 Å². The Morgan fingerprint density at radius 1 is 1.32 bits per heavy atom. The van der Waals surface area contributed by atoms with Crippen molar-refractivity contribution in [3.63, 3.8) is 0 Å². The number of fused-ring (bicyclic) bond motifs is 1. The molecule has 3 rings (SSSR count). The van der Waals surface area contributed by atoms with Crippen LogP contribution in [0.3, 0.4) is 0 Å². The van der Waals surface area contributed by atoms with Crippen LogP contribution in [0.4, 0.5) is 0 Å². The molecule has 1 fully saturated rings. The van der Waals surface area contributed by atoms with Crippen molar-refractivity contribution in [2.45, 2.75) is 44.2 Å². The van der Waals surface area contributed by atoms with Gasteiger partial charge in [0.2, 0.25) is 0 Å². The molecule has 0 amide bonds. The third-order valence-electron chi connectivity index (χ3n) is 4.66. The van der Waals surface area contributed by atoms with Crippen molar-refractivity contribution >= 4 is 11.6 Å². The van der Waals surface area contributed by atoms with Gasteiger partial charge in [-0.3, -0.25) is 4.90 Å². The molecule has 2 aliphatic rings. The molecule has 2 unspecified atom stereocenters. The number of likely N-dealkylation sites (N-methyl/N-ethyl adjacent to an activating group) is 1. The highest BCUT2D eigenvalue weighted by molar-refractivity contribution is 6.30. The van der Waals surface area contributed by atoms with Crippen molar-refractivity contribution in [2.75, 3.05) is 20.1 Å². The summed E-state index contributed by atoms with van der Waals surface area (Å²) >= 11 is 6.11. The zero-order valence-corrected chi connectivity index (χ0v) is 12.4. The third-order valence-corrected chi connectivity index (χ3v) is 4.90. The van der Waals surface area contributed by atoms with Gasteiger partial charge in [-0.25, -0.2) is 0 Å². The van der Waals surface area contributed by atoms with Gasteiger partial charge in [-0.05, 0) is 62.5 Å². The Hall–Kier alpha value is -0.570. The Bertz CT molecular complexity index is 444. The quantitative estimate of drug-likeness (QED) is 0.912. The van der Waals surface area contributed by atoms with Crippen molar-refractivity contribution in [1.82, 2.24) is 10.2 Å². The van der Waals surface area contributed by atoms with Crippen molar-refractivity contribution in [1.29, 1.82) is 0 Å². The lowest BCUT2D eigenvalue weighted by Gasteiger charge is -2.40. The Morgan fingerprint density at radius 3 is 3.05 bits per heavy atom. The number of nitrogens with one attached hydrogen (secondary N) is 1. The van der Waals surface area contributed by atoms with Crippen LogP contribution in [0.25, 0.3) is 0 Å². The maximum atomic E-state index is 6.11. The van der Waals surface area contributed by atoms with Gasteiger partial charge in [-0.2, -0.15) is 0 Å². The molecule has 3 heteroatoms. The summed E-state index contributed by atoms with van der Waals surface area (Å²) < 4.78 is 0. The van der Waals surface area contributed by atoms with Gasteiger partial charge >= 0.3 is 0 Å². The first-order valence-electron chi connectivity index (χ1n) is 7.48. The number of halogens is 1. The number of rotatable bonds is 3. The van der Waals surface area contributed by atoms with Gasteiger partial charge in [0.1, 0.15) is 0 Å². The Labute approximate surface area is 121 Å². The summed E-state index contributed by atoms with van der Waals surface area (Å²) in [7, 11) is 2.06. The van der Waals surface area contributed by atoms with Crippen LogP contribution in [0.5, 0.6) is 0 Å². The lowest BCUT2D eigenvalue weighted by Crippen LogP contribution is -2.46. The van der Waals surface area contributed by atoms with Crippen LogP contribution >= 0.6 is 11.6 Å². The summed E-state index contributed by atoms with van der Waals surface area (Å²) in [5.41, 5.74) is 2.98. The van der Waals surface area contributed by atoms with Crippen LogP contribution in [-0.4, -0.2) is 31.1 Å². The van der Waals surface area contributed by atoms with E-state index in [-0.39, 0.29) is 0 Å². The maximum Gasteiger partial charge on any atom is 0.0408 e. The van der Waals surface area contributed by atoms with Gasteiger partial charge in [0.15, 0.2) is 0 Å². The molecule has 1 aromatic carbocycles. The SMILES string of the molecule is CNCC1CCCCN1C1CCc2cc(Cl)ccc21. The van der Waals surface area contributed by atoms with E-state index in [1.807, 2.05) is 0 Å². The molecule has 19 heavy (non-hydrogen) atoms. The fourth-order valence-electron chi connectivity index (χ4n) is 3.80. The first-order valence-corrected chi connectivity index (χ1v) is 7.86. The van der Waals surface area contributed by atoms with Crippen molar-refractivity contribution in [3.05, 3.63) is 34.3 Å². The highest BCUT2D eigenvalue weighted by atomic mass is 35.5. The Balaban J connectivity index is 1.83. The van der Waals surface area contributed by atoms with Crippen molar-refractivity contribution < 1.29 is 0 Å². The molecule has 0 aromatic heterocycles. The van der Waals surface area contributed by atoms with Gasteiger partial charge in [0, 0.05) is 23.7 Å². The standard InChI is InChI=1S/C16H23ClN2/c1-18-11-14-4-2-3-9-19(14)16-8-5-12-10-13(17)6-7-15(12)16/h6-7,10,14,16,18H,2-5,8-9,11H2,1H3. The second-order valence-corrected chi connectivity index (χ2v) is 6.28. The predicted molar refractivity (Wildman–Crippen MR) is 80.8 cm³/mol. The Morgan fingerprint density at radius 2 is 2.21 bits per heavy atom. The number of piperidine rings is 1. The summed E-state index contributed by atoms with van der Waals surface area (Å²) in [6.45, 7) is 2.36. The molecular weight excluding hydrogens is 256 g/mol. The minimum Gasteiger partial charge on any atom is -0.318 e. The molecular formula is C16H23ClN2. The molecule has 1 aromatic rings. The molecule has 104 valence electrons. The monoisotopic (exact) mass is 278 g/mol. The van der Waals surface area contributed by atoms with E-state index in [0.717, 1.165) is 11.6 Å². The van der Waals surface area contributed by atoms with E-state index in [4.69, 9.17) is 11.6 Å². The third kappa shape index (κ3) is 2.67. The zero-order valence-electron chi connectivity index (χ0n) is 11.7. The van der Waals surface area contributed by atoms with E-state index in [0.29, 0.717) is 12.1 Å². The molecule has 1 aliphatic carbocycles. The van der Waals surface area contributed by atoms with Crippen LogP contribution in [0.1, 0.15) is 42.9 Å². The average molecular weight is 279 g/mol. The zero-order chi connectivity index (χ0) is 13.2. The predicted octanol–water partition coefficient (Wildman–Crippen LogP) is 3.40. The molecule has 0 saturated carbocycles. The van der Waals surface area contributed by atoms with E-state index in [9.17, 15) is 0 Å². The van der Waals surface area contributed by atoms with Crippen molar-refractivity contribution in [3.8, 4) is 0 Å². The largest absolute Gasteiger partial charge is 0.318 e. The maximum absolute atomic E-state index is 6.11. The number of hydrogen-bond acceptors (Lipinski definition) is 2. The molecule has 2 atom stereocenters. The average Bonchev–Trinajstić information content (AvgIpc) is 2.82. The summed E-state index contributed by atoms with van der Waals surface area (Å²) in [4.78, 5) is 2.74. The number of nitrogens with zero attached hydrogens (tertiary/aromatic N) is 1. The minimum atomic E-state index is 0.617. The molecule has 2 nitrogen and oxygen atoms in total. The van der Waals surface area contributed by atoms with Crippen LogP contribution < -0.4 is 5.32 Å². The molecule has 1 saturated heterocycles. The summed E-state index contributed by atoms with van der Waals surface area (Å²) in [5, 5.41) is 4.24. The van der Waals surface area contributed by atoms with Crippen LogP contribution in [-0.2, 0) is 6.42 Å². The second-order valence-electron chi connectivity index (χ2n) is 5.84. The van der Waals surface area contributed by atoms with Gasteiger partial charge in [-0.1, -0.05) is 24.1 Å². The smallest absolute Gasteiger partial charge is 0.0408 e. The summed E-state index contributed by atoms with van der Waals surface area (Å²) in [6, 6.07) is 7.78. The number of likely N-dealkylation sites (tertiary alicyclic amines) is 1. The van der Waals surface area contributed by atoms with Gasteiger partial charge in [-0.15, -0.1) is 0 Å². The molecule has 1 heterocycles. The lowest BCUT2D eigenvalue weighted by atomic mass is 9.97. The highest BCUT2D eigenvalue weighted by Gasteiger charge is 2.33. The molecule has 0 spiro atoms. The van der Waals surface area contributed by atoms with E-state index >= 15 is 0 Å². The number of aryl methyl sites for hydroxylation is 1. The first kappa shape index (κ1) is 13.4. The number of hydrogen-bond donors (Lipinski definition) is 1. The first-order chi connectivity index (χ1) is 9.29. The molecule has 1 N–H and O–H groups in total.